The zero-order valence-electron chi connectivity index (χ0n) is 9.89. The van der Waals surface area contributed by atoms with E-state index in [-0.39, 0.29) is 6.61 Å². The maximum absolute atomic E-state index is 8.98. The Balaban J connectivity index is 2.20. The smallest absolute Gasteiger partial charge is 0.0713 e. The second-order valence-electron chi connectivity index (χ2n) is 3.98. The van der Waals surface area contributed by atoms with E-state index >= 15 is 0 Å². The highest BCUT2D eigenvalue weighted by molar-refractivity contribution is 5.63. The number of hydrogen-bond donors (Lipinski definition) is 1. The van der Waals surface area contributed by atoms with Crippen LogP contribution in [-0.2, 0) is 18.0 Å². The lowest BCUT2D eigenvalue weighted by atomic mass is 10.0. The van der Waals surface area contributed by atoms with Gasteiger partial charge in [0, 0.05) is 7.11 Å². The quantitative estimate of drug-likeness (QED) is 0.871. The van der Waals surface area contributed by atoms with Gasteiger partial charge in [0.25, 0.3) is 0 Å². The lowest BCUT2D eigenvalue weighted by Gasteiger charge is -2.05. The van der Waals surface area contributed by atoms with Crippen LogP contribution in [0.5, 0.6) is 0 Å². The molecule has 17 heavy (non-hydrogen) atoms. The van der Waals surface area contributed by atoms with Crippen LogP contribution < -0.4 is 0 Å². The molecule has 0 aliphatic rings. The molecule has 0 aliphatic carbocycles. The van der Waals surface area contributed by atoms with Crippen molar-refractivity contribution in [3.05, 3.63) is 59.7 Å². The Morgan fingerprint density at radius 2 is 1.29 bits per heavy atom. The first-order chi connectivity index (χ1) is 8.33. The van der Waals surface area contributed by atoms with Crippen molar-refractivity contribution in [2.45, 2.75) is 13.2 Å². The zero-order chi connectivity index (χ0) is 12.1. The van der Waals surface area contributed by atoms with E-state index in [1.54, 1.807) is 7.11 Å². The summed E-state index contributed by atoms with van der Waals surface area (Å²) in [6.07, 6.45) is 0. The fraction of sp³-hybridized carbons (Fsp3) is 0.200. The van der Waals surface area contributed by atoms with Crippen molar-refractivity contribution in [2.24, 2.45) is 0 Å². The minimum absolute atomic E-state index is 0.0903. The molecule has 0 aromatic heterocycles. The highest BCUT2D eigenvalue weighted by Crippen LogP contribution is 2.20. The third-order valence-corrected chi connectivity index (χ3v) is 2.73. The van der Waals surface area contributed by atoms with Crippen molar-refractivity contribution < 1.29 is 9.84 Å². The van der Waals surface area contributed by atoms with Gasteiger partial charge in [0.2, 0.25) is 0 Å². The van der Waals surface area contributed by atoms with Crippen LogP contribution in [0, 0.1) is 0 Å². The van der Waals surface area contributed by atoms with Crippen LogP contribution in [0.4, 0.5) is 0 Å². The van der Waals surface area contributed by atoms with Gasteiger partial charge < -0.3 is 9.84 Å². The number of aliphatic hydroxyl groups excluding tert-OH is 1. The maximum atomic E-state index is 8.98. The fourth-order valence-corrected chi connectivity index (χ4v) is 1.76. The Labute approximate surface area is 101 Å². The summed E-state index contributed by atoms with van der Waals surface area (Å²) in [5.74, 6) is 0. The van der Waals surface area contributed by atoms with Crippen LogP contribution in [0.15, 0.2) is 48.5 Å². The molecule has 2 nitrogen and oxygen atoms in total. The highest BCUT2D eigenvalue weighted by Gasteiger charge is 1.98. The Bertz CT molecular complexity index is 457. The lowest BCUT2D eigenvalue weighted by Crippen LogP contribution is -1.87. The number of benzene rings is 2. The van der Waals surface area contributed by atoms with E-state index in [1.165, 1.54) is 11.1 Å². The van der Waals surface area contributed by atoms with Gasteiger partial charge in [-0.05, 0) is 22.3 Å². The summed E-state index contributed by atoms with van der Waals surface area (Å²) in [6, 6.07) is 16.2. The monoisotopic (exact) mass is 228 g/mol. The minimum Gasteiger partial charge on any atom is -0.392 e. The van der Waals surface area contributed by atoms with Gasteiger partial charge in [0.05, 0.1) is 13.2 Å². The van der Waals surface area contributed by atoms with Gasteiger partial charge in [-0.3, -0.25) is 0 Å². The first-order valence-corrected chi connectivity index (χ1v) is 5.61. The predicted molar refractivity (Wildman–Crippen MR) is 68.5 cm³/mol. The van der Waals surface area contributed by atoms with Gasteiger partial charge in [-0.1, -0.05) is 48.5 Å². The summed E-state index contributed by atoms with van der Waals surface area (Å²) in [6.45, 7) is 0.733. The van der Waals surface area contributed by atoms with Gasteiger partial charge in [-0.15, -0.1) is 0 Å². The van der Waals surface area contributed by atoms with Crippen molar-refractivity contribution >= 4 is 0 Å². The first-order valence-electron chi connectivity index (χ1n) is 5.61. The van der Waals surface area contributed by atoms with Crippen molar-refractivity contribution in [1.29, 1.82) is 0 Å². The molecule has 0 saturated heterocycles. The molecule has 0 radical (unpaired) electrons. The van der Waals surface area contributed by atoms with Gasteiger partial charge in [-0.25, -0.2) is 0 Å². The van der Waals surface area contributed by atoms with Crippen LogP contribution in [0.3, 0.4) is 0 Å². The molecular formula is C15H16O2. The molecule has 2 aromatic carbocycles. The second kappa shape index (κ2) is 5.62. The largest absolute Gasteiger partial charge is 0.392 e. The SMILES string of the molecule is COCc1ccc(-c2ccc(CO)cc2)cc1. The van der Waals surface area contributed by atoms with Crippen LogP contribution in [-0.4, -0.2) is 12.2 Å². The molecule has 2 heteroatoms. The fourth-order valence-electron chi connectivity index (χ4n) is 1.76. The molecule has 0 unspecified atom stereocenters. The van der Waals surface area contributed by atoms with E-state index in [9.17, 15) is 0 Å². The predicted octanol–water partition coefficient (Wildman–Crippen LogP) is 2.99. The molecule has 88 valence electrons. The zero-order valence-corrected chi connectivity index (χ0v) is 9.89. The van der Waals surface area contributed by atoms with Crippen LogP contribution >= 0.6 is 0 Å². The Kier molecular flexibility index (Phi) is 3.91. The third-order valence-electron chi connectivity index (χ3n) is 2.73. The lowest BCUT2D eigenvalue weighted by molar-refractivity contribution is 0.185. The number of aliphatic hydroxyl groups is 1. The van der Waals surface area contributed by atoms with Gasteiger partial charge in [-0.2, -0.15) is 0 Å². The van der Waals surface area contributed by atoms with E-state index in [1.807, 2.05) is 24.3 Å². The van der Waals surface area contributed by atoms with Crippen molar-refractivity contribution in [3.63, 3.8) is 0 Å². The van der Waals surface area contributed by atoms with Gasteiger partial charge >= 0.3 is 0 Å². The number of rotatable bonds is 4. The van der Waals surface area contributed by atoms with Crippen LogP contribution in [0.1, 0.15) is 11.1 Å². The molecule has 0 spiro atoms. The summed E-state index contributed by atoms with van der Waals surface area (Å²) in [4.78, 5) is 0. The normalized spacial score (nSPS) is 10.5. The highest BCUT2D eigenvalue weighted by atomic mass is 16.5. The Hall–Kier alpha value is -1.64. The molecule has 0 saturated carbocycles. The van der Waals surface area contributed by atoms with Crippen LogP contribution in [0.2, 0.25) is 0 Å². The van der Waals surface area contributed by atoms with E-state index < -0.39 is 0 Å². The van der Waals surface area contributed by atoms with Crippen molar-refractivity contribution in [3.8, 4) is 11.1 Å². The molecular weight excluding hydrogens is 212 g/mol. The molecule has 0 bridgehead atoms. The van der Waals surface area contributed by atoms with Crippen molar-refractivity contribution in [2.75, 3.05) is 7.11 Å². The molecule has 0 amide bonds. The molecule has 2 aromatic rings. The minimum atomic E-state index is 0.0903. The summed E-state index contributed by atoms with van der Waals surface area (Å²) in [7, 11) is 1.70. The Morgan fingerprint density at radius 1 is 0.824 bits per heavy atom. The van der Waals surface area contributed by atoms with E-state index in [0.717, 1.165) is 11.1 Å². The average molecular weight is 228 g/mol. The first kappa shape index (κ1) is 11.8. The van der Waals surface area contributed by atoms with Crippen LogP contribution in [0.25, 0.3) is 11.1 Å². The molecule has 0 aliphatic heterocycles. The number of ether oxygens (including phenoxy) is 1. The maximum Gasteiger partial charge on any atom is 0.0713 e. The average Bonchev–Trinajstić information content (AvgIpc) is 2.40. The summed E-state index contributed by atoms with van der Waals surface area (Å²) >= 11 is 0. The molecule has 1 N–H and O–H groups in total. The topological polar surface area (TPSA) is 29.5 Å². The second-order valence-corrected chi connectivity index (χ2v) is 3.98. The van der Waals surface area contributed by atoms with Gasteiger partial charge in [0.15, 0.2) is 0 Å². The van der Waals surface area contributed by atoms with Gasteiger partial charge in [0.1, 0.15) is 0 Å². The summed E-state index contributed by atoms with van der Waals surface area (Å²) < 4.78 is 5.08. The van der Waals surface area contributed by atoms with Crippen molar-refractivity contribution in [1.82, 2.24) is 0 Å². The standard InChI is InChI=1S/C15H16O2/c1-17-11-13-4-8-15(9-5-13)14-6-2-12(10-16)3-7-14/h2-9,16H,10-11H2,1H3. The molecule has 0 atom stereocenters. The molecule has 0 fully saturated rings. The summed E-state index contributed by atoms with van der Waals surface area (Å²) in [5, 5.41) is 8.98. The molecule has 0 heterocycles. The van der Waals surface area contributed by atoms with E-state index in [0.29, 0.717) is 6.61 Å². The molecule has 2 rings (SSSR count). The number of methoxy groups -OCH3 is 1. The summed E-state index contributed by atoms with van der Waals surface area (Å²) in [5.41, 5.74) is 4.44. The Morgan fingerprint density at radius 3 is 1.71 bits per heavy atom. The van der Waals surface area contributed by atoms with E-state index in [4.69, 9.17) is 9.84 Å². The number of hydrogen-bond acceptors (Lipinski definition) is 2. The van der Waals surface area contributed by atoms with E-state index in [2.05, 4.69) is 24.3 Å². The third kappa shape index (κ3) is 2.93.